The van der Waals surface area contributed by atoms with Gasteiger partial charge in [0.2, 0.25) is 5.91 Å². The summed E-state index contributed by atoms with van der Waals surface area (Å²) < 4.78 is 6.15. The average Bonchev–Trinajstić information content (AvgIpc) is 2.20. The van der Waals surface area contributed by atoms with Crippen molar-refractivity contribution in [2.75, 3.05) is 21.2 Å². The van der Waals surface area contributed by atoms with E-state index in [0.29, 0.717) is 6.42 Å². The van der Waals surface area contributed by atoms with Crippen molar-refractivity contribution in [1.29, 1.82) is 0 Å². The lowest BCUT2D eigenvalue weighted by Gasteiger charge is -2.12. The van der Waals surface area contributed by atoms with Gasteiger partial charge >= 0.3 is 0 Å². The third-order valence-electron chi connectivity index (χ3n) is 2.09. The van der Waals surface area contributed by atoms with Crippen molar-refractivity contribution in [1.82, 2.24) is 4.90 Å². The van der Waals surface area contributed by atoms with Crippen molar-refractivity contribution in [2.45, 2.75) is 6.42 Å². The summed E-state index contributed by atoms with van der Waals surface area (Å²) in [6.45, 7) is 0. The lowest BCUT2D eigenvalue weighted by molar-refractivity contribution is -0.127. The number of halogens is 1. The quantitative estimate of drug-likeness (QED) is 0.843. The van der Waals surface area contributed by atoms with Crippen LogP contribution in [0.5, 0.6) is 5.75 Å². The van der Waals surface area contributed by atoms with Crippen molar-refractivity contribution >= 4 is 21.8 Å². The second-order valence-corrected chi connectivity index (χ2v) is 4.34. The molecular weight excluding hydrogens is 258 g/mol. The number of methoxy groups -OCH3 is 1. The molecule has 0 saturated heterocycles. The van der Waals surface area contributed by atoms with E-state index in [-0.39, 0.29) is 5.91 Å². The molecule has 0 aliphatic carbocycles. The Labute approximate surface area is 98.2 Å². The highest BCUT2D eigenvalue weighted by Gasteiger charge is 2.10. The number of carbonyl (C=O) groups excluding carboxylic acids is 1. The second kappa shape index (κ2) is 5.16. The van der Waals surface area contributed by atoms with Crippen molar-refractivity contribution in [3.8, 4) is 5.75 Å². The van der Waals surface area contributed by atoms with E-state index in [9.17, 15) is 4.79 Å². The molecule has 1 amide bonds. The first kappa shape index (κ1) is 12.0. The number of carbonyl (C=O) groups is 1. The molecule has 3 nitrogen and oxygen atoms in total. The van der Waals surface area contributed by atoms with Crippen LogP contribution < -0.4 is 4.74 Å². The number of hydrogen-bond acceptors (Lipinski definition) is 2. The maximum absolute atomic E-state index is 11.5. The van der Waals surface area contributed by atoms with Gasteiger partial charge in [-0.2, -0.15) is 0 Å². The first-order chi connectivity index (χ1) is 7.04. The lowest BCUT2D eigenvalue weighted by atomic mass is 10.1. The summed E-state index contributed by atoms with van der Waals surface area (Å²) >= 11 is 3.36. The Kier molecular flexibility index (Phi) is 4.15. The first-order valence-electron chi connectivity index (χ1n) is 4.57. The summed E-state index contributed by atoms with van der Waals surface area (Å²) in [5.74, 6) is 0.801. The van der Waals surface area contributed by atoms with E-state index in [2.05, 4.69) is 15.9 Å². The molecule has 0 heterocycles. The topological polar surface area (TPSA) is 29.5 Å². The number of hydrogen-bond donors (Lipinski definition) is 0. The van der Waals surface area contributed by atoms with E-state index < -0.39 is 0 Å². The molecule has 0 aromatic heterocycles. The van der Waals surface area contributed by atoms with E-state index >= 15 is 0 Å². The van der Waals surface area contributed by atoms with Gasteiger partial charge in [-0.3, -0.25) is 4.79 Å². The van der Waals surface area contributed by atoms with Crippen molar-refractivity contribution in [3.05, 3.63) is 28.2 Å². The smallest absolute Gasteiger partial charge is 0.226 e. The van der Waals surface area contributed by atoms with Crippen LogP contribution in [-0.2, 0) is 11.2 Å². The third-order valence-corrected chi connectivity index (χ3v) is 2.58. The van der Waals surface area contributed by atoms with E-state index in [1.165, 1.54) is 0 Å². The number of ether oxygens (including phenoxy) is 1. The number of amides is 1. The molecule has 0 atom stereocenters. The molecule has 0 radical (unpaired) electrons. The van der Waals surface area contributed by atoms with Gasteiger partial charge in [0.1, 0.15) is 5.75 Å². The highest BCUT2D eigenvalue weighted by Crippen LogP contribution is 2.24. The first-order valence-corrected chi connectivity index (χ1v) is 5.36. The largest absolute Gasteiger partial charge is 0.496 e. The molecule has 15 heavy (non-hydrogen) atoms. The van der Waals surface area contributed by atoms with Crippen molar-refractivity contribution in [2.24, 2.45) is 0 Å². The molecule has 1 aromatic carbocycles. The van der Waals surface area contributed by atoms with Crippen LogP contribution in [-0.4, -0.2) is 32.0 Å². The Morgan fingerprint density at radius 1 is 1.47 bits per heavy atom. The SMILES string of the molecule is COc1cc(Br)ccc1CC(=O)N(C)C. The molecule has 82 valence electrons. The Morgan fingerprint density at radius 2 is 2.13 bits per heavy atom. The van der Waals surface area contributed by atoms with Gasteiger partial charge < -0.3 is 9.64 Å². The van der Waals surface area contributed by atoms with Gasteiger partial charge in [0.05, 0.1) is 13.5 Å². The Bertz CT molecular complexity index is 364. The highest BCUT2D eigenvalue weighted by atomic mass is 79.9. The molecular formula is C11H14BrNO2. The summed E-state index contributed by atoms with van der Waals surface area (Å²) in [6, 6.07) is 5.66. The number of likely N-dealkylation sites (N-methyl/N-ethyl adjacent to an activating group) is 1. The Hall–Kier alpha value is -1.03. The molecule has 1 rings (SSSR count). The predicted octanol–water partition coefficient (Wildman–Crippen LogP) is 2.09. The zero-order chi connectivity index (χ0) is 11.4. The minimum absolute atomic E-state index is 0.0654. The molecule has 4 heteroatoms. The minimum Gasteiger partial charge on any atom is -0.496 e. The van der Waals surface area contributed by atoms with Crippen LogP contribution in [0.15, 0.2) is 22.7 Å². The molecule has 0 N–H and O–H groups in total. The maximum atomic E-state index is 11.5. The van der Waals surface area contributed by atoms with Gasteiger partial charge in [-0.1, -0.05) is 22.0 Å². The third kappa shape index (κ3) is 3.23. The number of nitrogens with zero attached hydrogens (tertiary/aromatic N) is 1. The second-order valence-electron chi connectivity index (χ2n) is 3.42. The van der Waals surface area contributed by atoms with E-state index in [1.54, 1.807) is 26.1 Å². The maximum Gasteiger partial charge on any atom is 0.226 e. The summed E-state index contributed by atoms with van der Waals surface area (Å²) in [5.41, 5.74) is 0.902. The fraction of sp³-hybridized carbons (Fsp3) is 0.364. The number of benzene rings is 1. The summed E-state index contributed by atoms with van der Waals surface area (Å²) in [5, 5.41) is 0. The fourth-order valence-corrected chi connectivity index (χ4v) is 1.53. The van der Waals surface area contributed by atoms with Crippen LogP contribution in [0.25, 0.3) is 0 Å². The summed E-state index contributed by atoms with van der Waals surface area (Å²) in [4.78, 5) is 13.1. The Morgan fingerprint density at radius 3 is 2.67 bits per heavy atom. The highest BCUT2D eigenvalue weighted by molar-refractivity contribution is 9.10. The molecule has 0 saturated carbocycles. The average molecular weight is 272 g/mol. The van der Waals surface area contributed by atoms with Crippen molar-refractivity contribution < 1.29 is 9.53 Å². The molecule has 0 fully saturated rings. The standard InChI is InChI=1S/C11H14BrNO2/c1-13(2)11(14)6-8-4-5-9(12)7-10(8)15-3/h4-5,7H,6H2,1-3H3. The van der Waals surface area contributed by atoms with Crippen LogP contribution in [0.4, 0.5) is 0 Å². The van der Waals surface area contributed by atoms with Crippen LogP contribution in [0.3, 0.4) is 0 Å². The molecule has 0 aliphatic rings. The van der Waals surface area contributed by atoms with Gasteiger partial charge in [-0.25, -0.2) is 0 Å². The van der Waals surface area contributed by atoms with Gasteiger partial charge in [0, 0.05) is 24.1 Å². The van der Waals surface area contributed by atoms with Gasteiger partial charge in [-0.05, 0) is 12.1 Å². The Balaban J connectivity index is 2.89. The molecule has 0 spiro atoms. The zero-order valence-electron chi connectivity index (χ0n) is 9.08. The van der Waals surface area contributed by atoms with E-state index in [1.807, 2.05) is 18.2 Å². The molecule has 1 aromatic rings. The normalized spacial score (nSPS) is 9.87. The van der Waals surface area contributed by atoms with Crippen LogP contribution >= 0.6 is 15.9 Å². The molecule has 0 bridgehead atoms. The predicted molar refractivity (Wildman–Crippen MR) is 63.1 cm³/mol. The fourth-order valence-electron chi connectivity index (χ4n) is 1.19. The van der Waals surface area contributed by atoms with Crippen LogP contribution in [0, 0.1) is 0 Å². The van der Waals surface area contributed by atoms with Crippen molar-refractivity contribution in [3.63, 3.8) is 0 Å². The van der Waals surface area contributed by atoms with Gasteiger partial charge in [0.15, 0.2) is 0 Å². The van der Waals surface area contributed by atoms with E-state index in [4.69, 9.17) is 4.74 Å². The molecule has 0 unspecified atom stereocenters. The minimum atomic E-state index is 0.0654. The summed E-state index contributed by atoms with van der Waals surface area (Å²) in [7, 11) is 5.09. The van der Waals surface area contributed by atoms with Crippen LogP contribution in [0.1, 0.15) is 5.56 Å². The monoisotopic (exact) mass is 271 g/mol. The summed E-state index contributed by atoms with van der Waals surface area (Å²) in [6.07, 6.45) is 0.365. The molecule has 0 aliphatic heterocycles. The lowest BCUT2D eigenvalue weighted by Crippen LogP contribution is -2.23. The van der Waals surface area contributed by atoms with Gasteiger partial charge in [-0.15, -0.1) is 0 Å². The zero-order valence-corrected chi connectivity index (χ0v) is 10.7. The van der Waals surface area contributed by atoms with E-state index in [0.717, 1.165) is 15.8 Å². The number of rotatable bonds is 3. The van der Waals surface area contributed by atoms with Gasteiger partial charge in [0.25, 0.3) is 0 Å². The van der Waals surface area contributed by atoms with Crippen LogP contribution in [0.2, 0.25) is 0 Å².